The maximum Gasteiger partial charge on any atom is 0.276 e. The lowest BCUT2D eigenvalue weighted by Gasteiger charge is -2.17. The minimum absolute atomic E-state index is 0.216. The first kappa shape index (κ1) is 15.5. The van der Waals surface area contributed by atoms with Crippen LogP contribution in [0.2, 0.25) is 0 Å². The van der Waals surface area contributed by atoms with E-state index in [4.69, 9.17) is 4.74 Å². The highest BCUT2D eigenvalue weighted by Crippen LogP contribution is 2.20. The van der Waals surface area contributed by atoms with E-state index in [1.165, 1.54) is 6.20 Å². The van der Waals surface area contributed by atoms with Gasteiger partial charge in [0, 0.05) is 26.4 Å². The summed E-state index contributed by atoms with van der Waals surface area (Å²) in [4.78, 5) is 22.9. The fraction of sp³-hybridized carbons (Fsp3) is 0.294. The second-order valence-corrected chi connectivity index (χ2v) is 5.89. The van der Waals surface area contributed by atoms with Crippen molar-refractivity contribution >= 4 is 23.1 Å². The molecule has 3 aromatic heterocycles. The Morgan fingerprint density at radius 1 is 1.32 bits per heavy atom. The fourth-order valence-electron chi connectivity index (χ4n) is 2.95. The lowest BCUT2D eigenvalue weighted by atomic mass is 10.3. The van der Waals surface area contributed by atoms with Gasteiger partial charge in [-0.1, -0.05) is 0 Å². The number of anilines is 2. The van der Waals surface area contributed by atoms with Gasteiger partial charge >= 0.3 is 0 Å². The minimum Gasteiger partial charge on any atom is -0.380 e. The first-order chi connectivity index (χ1) is 12.2. The Kier molecular flexibility index (Phi) is 4.02. The zero-order chi connectivity index (χ0) is 17.2. The third kappa shape index (κ3) is 3.03. The summed E-state index contributed by atoms with van der Waals surface area (Å²) in [6, 6.07) is 7.33. The molecule has 8 nitrogen and oxygen atoms in total. The van der Waals surface area contributed by atoms with E-state index in [1.807, 2.05) is 12.1 Å². The van der Waals surface area contributed by atoms with E-state index in [0.717, 1.165) is 25.3 Å². The van der Waals surface area contributed by atoms with Gasteiger partial charge in [-0.2, -0.15) is 0 Å². The fourth-order valence-corrected chi connectivity index (χ4v) is 2.95. The van der Waals surface area contributed by atoms with Crippen LogP contribution in [0.5, 0.6) is 0 Å². The number of methoxy groups -OCH3 is 1. The Balaban J connectivity index is 1.61. The summed E-state index contributed by atoms with van der Waals surface area (Å²) in [6.07, 6.45) is 5.96. The number of rotatable bonds is 4. The quantitative estimate of drug-likeness (QED) is 0.778. The second-order valence-electron chi connectivity index (χ2n) is 5.89. The summed E-state index contributed by atoms with van der Waals surface area (Å²) in [5.74, 6) is 0.529. The summed E-state index contributed by atoms with van der Waals surface area (Å²) >= 11 is 0. The van der Waals surface area contributed by atoms with Crippen molar-refractivity contribution < 1.29 is 9.53 Å². The maximum atomic E-state index is 12.5. The van der Waals surface area contributed by atoms with E-state index in [-0.39, 0.29) is 12.0 Å². The van der Waals surface area contributed by atoms with E-state index in [2.05, 4.69) is 25.3 Å². The predicted molar refractivity (Wildman–Crippen MR) is 92.8 cm³/mol. The third-order valence-corrected chi connectivity index (χ3v) is 4.30. The van der Waals surface area contributed by atoms with Gasteiger partial charge in [-0.3, -0.25) is 9.78 Å². The predicted octanol–water partition coefficient (Wildman–Crippen LogP) is 1.60. The van der Waals surface area contributed by atoms with E-state index in [1.54, 1.807) is 36.2 Å². The summed E-state index contributed by atoms with van der Waals surface area (Å²) in [6.45, 7) is 1.67. The first-order valence-corrected chi connectivity index (χ1v) is 8.08. The van der Waals surface area contributed by atoms with Crippen LogP contribution in [-0.4, -0.2) is 51.8 Å². The van der Waals surface area contributed by atoms with Crippen LogP contribution in [0.3, 0.4) is 0 Å². The van der Waals surface area contributed by atoms with Crippen LogP contribution in [0.25, 0.3) is 5.65 Å². The van der Waals surface area contributed by atoms with Crippen molar-refractivity contribution in [1.29, 1.82) is 0 Å². The molecule has 25 heavy (non-hydrogen) atoms. The van der Waals surface area contributed by atoms with Crippen LogP contribution in [0.4, 0.5) is 11.5 Å². The molecule has 1 atom stereocenters. The summed E-state index contributed by atoms with van der Waals surface area (Å²) in [7, 11) is 1.72. The van der Waals surface area contributed by atoms with E-state index < -0.39 is 0 Å². The molecule has 8 heteroatoms. The van der Waals surface area contributed by atoms with Crippen LogP contribution < -0.4 is 10.2 Å². The number of carbonyl (C=O) groups excluding carboxylic acids is 1. The second kappa shape index (κ2) is 6.48. The molecule has 1 saturated heterocycles. The monoisotopic (exact) mass is 338 g/mol. The molecule has 1 N–H and O–H groups in total. The zero-order valence-electron chi connectivity index (χ0n) is 13.8. The van der Waals surface area contributed by atoms with Crippen molar-refractivity contribution in [2.75, 3.05) is 30.4 Å². The number of imidazole rings is 1. The molecule has 0 bridgehead atoms. The number of ether oxygens (including phenoxy) is 1. The Hall–Kier alpha value is -3.00. The largest absolute Gasteiger partial charge is 0.380 e. The van der Waals surface area contributed by atoms with Gasteiger partial charge in [0.1, 0.15) is 5.82 Å². The molecule has 1 aliphatic heterocycles. The van der Waals surface area contributed by atoms with E-state index >= 15 is 0 Å². The molecule has 1 aliphatic rings. The Labute approximate surface area is 144 Å². The van der Waals surface area contributed by atoms with Gasteiger partial charge < -0.3 is 15.0 Å². The van der Waals surface area contributed by atoms with E-state index in [0.29, 0.717) is 17.0 Å². The molecule has 0 radical (unpaired) electrons. The highest BCUT2D eigenvalue weighted by Gasteiger charge is 2.24. The van der Waals surface area contributed by atoms with Gasteiger partial charge in [-0.05, 0) is 30.7 Å². The van der Waals surface area contributed by atoms with Gasteiger partial charge in [-0.25, -0.2) is 9.50 Å². The lowest BCUT2D eigenvalue weighted by molar-refractivity contribution is 0.102. The minimum atomic E-state index is -0.277. The number of aromatic nitrogens is 4. The summed E-state index contributed by atoms with van der Waals surface area (Å²) in [5, 5.41) is 7.40. The zero-order valence-corrected chi connectivity index (χ0v) is 13.8. The molecule has 128 valence electrons. The molecule has 1 unspecified atom stereocenters. The van der Waals surface area contributed by atoms with E-state index in [9.17, 15) is 4.79 Å². The lowest BCUT2D eigenvalue weighted by Crippen LogP contribution is -2.24. The smallest absolute Gasteiger partial charge is 0.276 e. The van der Waals surface area contributed by atoms with Gasteiger partial charge in [0.15, 0.2) is 11.3 Å². The van der Waals surface area contributed by atoms with Gasteiger partial charge in [0.05, 0.1) is 24.2 Å². The van der Waals surface area contributed by atoms with Crippen molar-refractivity contribution in [1.82, 2.24) is 19.6 Å². The highest BCUT2D eigenvalue weighted by molar-refractivity contribution is 6.03. The van der Waals surface area contributed by atoms with Crippen LogP contribution in [-0.2, 0) is 4.74 Å². The number of hydrogen-bond donors (Lipinski definition) is 1. The molecule has 0 spiro atoms. The molecular weight excluding hydrogens is 320 g/mol. The molecule has 0 saturated carbocycles. The van der Waals surface area contributed by atoms with Crippen molar-refractivity contribution in [3.8, 4) is 0 Å². The van der Waals surface area contributed by atoms with Crippen LogP contribution in [0.1, 0.15) is 16.9 Å². The van der Waals surface area contributed by atoms with Crippen LogP contribution >= 0.6 is 0 Å². The Morgan fingerprint density at radius 3 is 3.00 bits per heavy atom. The Morgan fingerprint density at radius 2 is 2.24 bits per heavy atom. The number of nitrogens with one attached hydrogen (secondary N) is 1. The molecule has 1 fully saturated rings. The normalized spacial score (nSPS) is 17.2. The number of amides is 1. The van der Waals surface area contributed by atoms with Gasteiger partial charge in [0.2, 0.25) is 0 Å². The first-order valence-electron chi connectivity index (χ1n) is 8.08. The number of nitrogens with zero attached hydrogens (tertiary/aromatic N) is 5. The number of fused-ring (bicyclic) bond motifs is 1. The molecule has 1 amide bonds. The standard InChI is InChI=1S/C17H18N6O2/c1-25-13-6-8-22(11-13)16-5-4-15-19-10-14(23(15)21-16)17(24)20-12-3-2-7-18-9-12/h2-5,7,9-10,13H,6,8,11H2,1H3,(H,20,24). The molecule has 3 aromatic rings. The molecular formula is C17H18N6O2. The van der Waals surface area contributed by atoms with Crippen molar-refractivity contribution in [2.24, 2.45) is 0 Å². The number of hydrogen-bond acceptors (Lipinski definition) is 6. The van der Waals surface area contributed by atoms with Gasteiger partial charge in [0.25, 0.3) is 5.91 Å². The SMILES string of the molecule is COC1CCN(c2ccc3ncc(C(=O)Nc4cccnc4)n3n2)C1. The van der Waals surface area contributed by atoms with Gasteiger partial charge in [-0.15, -0.1) is 5.10 Å². The average Bonchev–Trinajstić information content (AvgIpc) is 3.29. The van der Waals surface area contributed by atoms with Crippen molar-refractivity contribution in [3.63, 3.8) is 0 Å². The molecule has 4 rings (SSSR count). The number of carbonyl (C=O) groups is 1. The molecule has 4 heterocycles. The highest BCUT2D eigenvalue weighted by atomic mass is 16.5. The summed E-state index contributed by atoms with van der Waals surface area (Å²) in [5.41, 5.74) is 1.63. The summed E-state index contributed by atoms with van der Waals surface area (Å²) < 4.78 is 6.98. The Bertz CT molecular complexity index is 895. The van der Waals surface area contributed by atoms with Crippen molar-refractivity contribution in [2.45, 2.75) is 12.5 Å². The maximum absolute atomic E-state index is 12.5. The van der Waals surface area contributed by atoms with Crippen LogP contribution in [0, 0.1) is 0 Å². The molecule has 0 aromatic carbocycles. The topological polar surface area (TPSA) is 84.6 Å². The number of pyridine rings is 1. The van der Waals surface area contributed by atoms with Crippen LogP contribution in [0.15, 0.2) is 42.9 Å². The van der Waals surface area contributed by atoms with Crippen molar-refractivity contribution in [3.05, 3.63) is 48.5 Å². The third-order valence-electron chi connectivity index (χ3n) is 4.30. The average molecular weight is 338 g/mol. The molecule has 0 aliphatic carbocycles.